The van der Waals surface area contributed by atoms with Gasteiger partial charge in [-0.05, 0) is 29.2 Å². The van der Waals surface area contributed by atoms with E-state index in [2.05, 4.69) is 19.9 Å². The highest BCUT2D eigenvalue weighted by molar-refractivity contribution is 7.99. The molecule has 4 aromatic rings. The van der Waals surface area contributed by atoms with Crippen molar-refractivity contribution in [2.75, 3.05) is 38.8 Å². The zero-order valence-electron chi connectivity index (χ0n) is 33.3. The number of halogens is 1. The van der Waals surface area contributed by atoms with Crippen LogP contribution in [0.3, 0.4) is 0 Å². The number of alkyl halides is 1. The van der Waals surface area contributed by atoms with Crippen LogP contribution in [0.25, 0.3) is 22.2 Å². The van der Waals surface area contributed by atoms with Gasteiger partial charge in [-0.15, -0.1) is 11.8 Å². The largest absolute Gasteiger partial charge is 0.347 e. The van der Waals surface area contributed by atoms with Crippen LogP contribution in [0, 0.1) is 0 Å². The Morgan fingerprint density at radius 2 is 1.74 bits per heavy atom. The first-order chi connectivity index (χ1) is 27.4. The number of thioether (sulfide) groups is 1. The maximum Gasteiger partial charge on any atom is 0.328 e. The highest BCUT2D eigenvalue weighted by Gasteiger charge is 2.72. The second-order valence-electron chi connectivity index (χ2n) is 17.2. The SMILES string of the molecule is CC(C)(C)[Si](C)(C)C12OC[C@H]3O[C@@H](n4cc5c6c(ncnc64)SCCC5)[C@H](F)C3OP(C)(=O)OC[C@H]3O[C@@H](n4cnc5c(=O)n(CCN)cnc54)[C@H](OP1(C)=O)C3O2. The van der Waals surface area contributed by atoms with E-state index in [1.54, 1.807) is 16.3 Å². The Labute approximate surface area is 339 Å². The topological polar surface area (TPSA) is 208 Å². The maximum atomic E-state index is 17.1. The monoisotopic (exact) mass is 882 g/mol. The van der Waals surface area contributed by atoms with Crippen molar-refractivity contribution in [1.29, 1.82) is 0 Å². The van der Waals surface area contributed by atoms with Crippen LogP contribution in [-0.4, -0.2) is 122 Å². The lowest BCUT2D eigenvalue weighted by atomic mass is 10.1. The molecule has 23 heteroatoms. The van der Waals surface area contributed by atoms with E-state index < -0.39 is 87.9 Å². The lowest BCUT2D eigenvalue weighted by Gasteiger charge is -2.57. The molecule has 0 aromatic carbocycles. The standard InChI is InChI=1S/C35H49FN8O10P2SSi/c1-34(2,3)58(6,7)35-48-14-20-25(23(36)32(50-20)43-13-19-9-8-12-57-30-22(19)28(43)38-16-39-30)54-56(5,47)49-15-21-26(52-35)27(53-55(35,4)46)33(51-21)44-18-40-24-29(44)41-17-42(11-10-37)31(24)45/h13,16-18,20-21,23,25-27,32-33H,8-12,14-15,37H2,1-7H3/t20-,21-,23-,25?,26?,27-,32-,33-,35?,55?,56?/m1/s1. The smallest absolute Gasteiger partial charge is 0.328 e. The van der Waals surface area contributed by atoms with Crippen molar-refractivity contribution in [2.24, 2.45) is 5.73 Å². The predicted octanol–water partition coefficient (Wildman–Crippen LogP) is 4.82. The Bertz CT molecular complexity index is 2430. The first kappa shape index (κ1) is 41.0. The molecule has 5 aliphatic rings. The van der Waals surface area contributed by atoms with Crippen molar-refractivity contribution in [2.45, 2.75) is 118 Å². The van der Waals surface area contributed by atoms with E-state index in [-0.39, 0.29) is 37.5 Å². The zero-order chi connectivity index (χ0) is 41.2. The molecule has 58 heavy (non-hydrogen) atoms. The van der Waals surface area contributed by atoms with Gasteiger partial charge in [-0.1, -0.05) is 33.9 Å². The van der Waals surface area contributed by atoms with Crippen molar-refractivity contribution in [3.63, 3.8) is 0 Å². The van der Waals surface area contributed by atoms with E-state index in [4.69, 9.17) is 38.3 Å². The minimum absolute atomic E-state index is 0.0771. The normalized spacial score (nSPS) is 37.1. The lowest BCUT2D eigenvalue weighted by molar-refractivity contribution is -0.224. The summed E-state index contributed by atoms with van der Waals surface area (Å²) in [7, 11) is -11.1. The third kappa shape index (κ3) is 6.29. The Kier molecular flexibility index (Phi) is 10.1. The van der Waals surface area contributed by atoms with E-state index in [0.717, 1.165) is 34.6 Å². The van der Waals surface area contributed by atoms with Gasteiger partial charge in [-0.2, -0.15) is 0 Å². The minimum Gasteiger partial charge on any atom is -0.347 e. The summed E-state index contributed by atoms with van der Waals surface area (Å²) in [5.41, 5.74) is 7.08. The van der Waals surface area contributed by atoms with Crippen LogP contribution in [0.15, 0.2) is 35.0 Å². The van der Waals surface area contributed by atoms with Crippen LogP contribution in [0.1, 0.15) is 45.2 Å². The average Bonchev–Trinajstić information content (AvgIpc) is 3.87. The number of fused-ring (bicyclic) bond motifs is 3. The van der Waals surface area contributed by atoms with Gasteiger partial charge in [-0.25, -0.2) is 24.3 Å². The summed E-state index contributed by atoms with van der Waals surface area (Å²) < 4.78 is 97.3. The average molecular weight is 883 g/mol. The molecule has 2 N–H and O–H groups in total. The third-order valence-electron chi connectivity index (χ3n) is 12.6. The summed E-state index contributed by atoms with van der Waals surface area (Å²) in [6, 6.07) is 0. The lowest BCUT2D eigenvalue weighted by Crippen LogP contribution is -2.67. The van der Waals surface area contributed by atoms with Gasteiger partial charge in [0.1, 0.15) is 61.9 Å². The van der Waals surface area contributed by atoms with Crippen LogP contribution in [0.5, 0.6) is 0 Å². The van der Waals surface area contributed by atoms with Crippen LogP contribution < -0.4 is 11.3 Å². The van der Waals surface area contributed by atoms with Gasteiger partial charge in [0.25, 0.3) is 12.9 Å². The first-order valence-electron chi connectivity index (χ1n) is 19.4. The van der Waals surface area contributed by atoms with Crippen LogP contribution in [0.2, 0.25) is 18.1 Å². The zero-order valence-corrected chi connectivity index (χ0v) is 37.0. The van der Waals surface area contributed by atoms with Crippen LogP contribution in [0.4, 0.5) is 4.39 Å². The molecular formula is C35H49FN8O10P2SSi. The molecule has 0 aliphatic carbocycles. The summed E-state index contributed by atoms with van der Waals surface area (Å²) in [4.78, 5) is 31.1. The van der Waals surface area contributed by atoms with Crippen LogP contribution >= 0.6 is 26.7 Å². The van der Waals surface area contributed by atoms with E-state index >= 15 is 8.96 Å². The second kappa shape index (κ2) is 14.3. The summed E-state index contributed by atoms with van der Waals surface area (Å²) in [6.07, 6.45) is -2.00. The molecule has 9 heterocycles. The van der Waals surface area contributed by atoms with E-state index in [0.29, 0.717) is 5.65 Å². The van der Waals surface area contributed by atoms with Gasteiger partial charge < -0.3 is 38.3 Å². The summed E-state index contributed by atoms with van der Waals surface area (Å²) >= 11 is 1.63. The number of nitrogens with zero attached hydrogens (tertiary/aromatic N) is 7. The minimum atomic E-state index is -4.04. The molecule has 4 saturated heterocycles. The molecule has 2 bridgehead atoms. The number of hydrogen-bond acceptors (Lipinski definition) is 16. The van der Waals surface area contributed by atoms with Gasteiger partial charge in [0.05, 0.1) is 24.9 Å². The number of hydrogen-bond donors (Lipinski definition) is 1. The van der Waals surface area contributed by atoms with Crippen molar-refractivity contribution >= 4 is 57.0 Å². The molecule has 0 saturated carbocycles. The summed E-state index contributed by atoms with van der Waals surface area (Å²) in [6.45, 7) is 12.7. The fraction of sp³-hybridized carbons (Fsp3) is 0.686. The fourth-order valence-electron chi connectivity index (χ4n) is 8.68. The van der Waals surface area contributed by atoms with E-state index in [9.17, 15) is 9.36 Å². The van der Waals surface area contributed by atoms with Crippen molar-refractivity contribution in [1.82, 2.24) is 33.6 Å². The number of ether oxygens (including phenoxy) is 4. The molecule has 5 aliphatic heterocycles. The highest BCUT2D eigenvalue weighted by atomic mass is 32.2. The molecule has 11 atom stereocenters. The Balaban J connectivity index is 1.12. The van der Waals surface area contributed by atoms with Gasteiger partial charge in [0.15, 0.2) is 29.8 Å². The van der Waals surface area contributed by atoms with Crippen LogP contribution in [-0.2, 0) is 54.6 Å². The Morgan fingerprint density at radius 1 is 0.983 bits per heavy atom. The number of nitrogens with two attached hydrogens (primary N) is 1. The molecule has 316 valence electrons. The van der Waals surface area contributed by atoms with E-state index in [1.807, 2.05) is 40.1 Å². The second-order valence-corrected chi connectivity index (χ2v) is 28.6. The highest BCUT2D eigenvalue weighted by Crippen LogP contribution is 2.70. The molecule has 5 unspecified atom stereocenters. The fourth-order valence-corrected chi connectivity index (χ4v) is 19.3. The van der Waals surface area contributed by atoms with Gasteiger partial charge in [-0.3, -0.25) is 27.6 Å². The summed E-state index contributed by atoms with van der Waals surface area (Å²) in [5, 5.41) is -0.629. The van der Waals surface area contributed by atoms with E-state index in [1.165, 1.54) is 41.4 Å². The number of aryl methyl sites for hydroxylation is 1. The molecule has 0 spiro atoms. The van der Waals surface area contributed by atoms with Gasteiger partial charge in [0, 0.05) is 32.6 Å². The number of aromatic nitrogens is 7. The van der Waals surface area contributed by atoms with Gasteiger partial charge in [0.2, 0.25) is 5.15 Å². The quantitative estimate of drug-likeness (QED) is 0.162. The van der Waals surface area contributed by atoms with Crippen molar-refractivity contribution in [3.8, 4) is 0 Å². The maximum absolute atomic E-state index is 17.1. The summed E-state index contributed by atoms with van der Waals surface area (Å²) in [5.74, 6) is 0.903. The Morgan fingerprint density at radius 3 is 2.50 bits per heavy atom. The molecule has 9 rings (SSSR count). The van der Waals surface area contributed by atoms with Crippen molar-refractivity contribution < 1.29 is 46.0 Å². The van der Waals surface area contributed by atoms with Gasteiger partial charge >= 0.3 is 7.60 Å². The number of rotatable bonds is 5. The number of imidazole rings is 1. The third-order valence-corrected chi connectivity index (χ3v) is 25.3. The predicted molar refractivity (Wildman–Crippen MR) is 214 cm³/mol. The molecule has 4 aromatic heterocycles. The molecule has 18 nitrogen and oxygen atoms in total. The first-order valence-corrected chi connectivity index (χ1v) is 27.5. The molecule has 4 fully saturated rings. The Hall–Kier alpha value is -2.39. The molecule has 0 radical (unpaired) electrons. The van der Waals surface area contributed by atoms with Crippen molar-refractivity contribution in [3.05, 3.63) is 41.1 Å². The molecular weight excluding hydrogens is 834 g/mol. The molecule has 0 amide bonds.